The minimum Gasteiger partial charge on any atom is -0.494 e. The summed E-state index contributed by atoms with van der Waals surface area (Å²) < 4.78 is 24.3. The molecule has 2 aliphatic rings. The van der Waals surface area contributed by atoms with E-state index in [0.29, 0.717) is 23.9 Å². The van der Waals surface area contributed by atoms with Crippen LogP contribution in [0.1, 0.15) is 6.42 Å². The first kappa shape index (κ1) is 16.2. The monoisotopic (exact) mass is 349 g/mol. The number of hydrogen-bond acceptors (Lipinski definition) is 5. The van der Waals surface area contributed by atoms with E-state index in [1.807, 2.05) is 36.4 Å². The van der Waals surface area contributed by atoms with Crippen molar-refractivity contribution in [3.8, 4) is 17.2 Å². The molecule has 2 aliphatic heterocycles. The van der Waals surface area contributed by atoms with Crippen molar-refractivity contribution in [2.75, 3.05) is 6.61 Å². The van der Waals surface area contributed by atoms with Gasteiger partial charge in [-0.25, -0.2) is 14.4 Å². The molecule has 1 unspecified atom stereocenters. The first-order valence-corrected chi connectivity index (χ1v) is 8.29. The second kappa shape index (κ2) is 7.31. The summed E-state index contributed by atoms with van der Waals surface area (Å²) in [6.07, 6.45) is 6.24. The number of ether oxygens (including phenoxy) is 2. The predicted octanol–water partition coefficient (Wildman–Crippen LogP) is 4.21. The van der Waals surface area contributed by atoms with Gasteiger partial charge < -0.3 is 9.47 Å². The zero-order valence-electron chi connectivity index (χ0n) is 13.9. The predicted molar refractivity (Wildman–Crippen MR) is 99.3 cm³/mol. The molecule has 130 valence electrons. The van der Waals surface area contributed by atoms with Crippen molar-refractivity contribution < 1.29 is 13.9 Å². The summed E-state index contributed by atoms with van der Waals surface area (Å²) in [7, 11) is 0. The maximum atomic E-state index is 12.9. The Morgan fingerprint density at radius 3 is 2.38 bits per heavy atom. The third-order valence-corrected chi connectivity index (χ3v) is 3.93. The molecule has 4 rings (SSSR count). The van der Waals surface area contributed by atoms with E-state index in [1.54, 1.807) is 12.1 Å². The Balaban J connectivity index is 1.27. The van der Waals surface area contributed by atoms with E-state index >= 15 is 0 Å². The normalized spacial score (nSPS) is 17.5. The minimum absolute atomic E-state index is 0.0558. The standard InChI is InChI=1S/C20H16FN3O2/c21-14-1-4-17(5-2-14)26-18-8-6-16(7-9-18)25-12-11-15-3-10-19-20(24-15)23-13-22-19/h1-10,13,15H,11-12H2. The second-order valence-electron chi connectivity index (χ2n) is 5.80. The van der Waals surface area contributed by atoms with E-state index in [0.717, 1.165) is 17.9 Å². The smallest absolute Gasteiger partial charge is 0.175 e. The molecular weight excluding hydrogens is 333 g/mol. The molecule has 0 bridgehead atoms. The second-order valence-corrected chi connectivity index (χ2v) is 5.80. The lowest BCUT2D eigenvalue weighted by Gasteiger charge is -2.13. The molecule has 1 atom stereocenters. The lowest BCUT2D eigenvalue weighted by Crippen LogP contribution is -2.18. The molecule has 0 saturated carbocycles. The van der Waals surface area contributed by atoms with Crippen molar-refractivity contribution in [3.63, 3.8) is 0 Å². The van der Waals surface area contributed by atoms with Gasteiger partial charge in [0.15, 0.2) is 5.84 Å². The number of halogens is 1. The summed E-state index contributed by atoms with van der Waals surface area (Å²) in [5, 5.41) is 0. The molecule has 0 saturated heterocycles. The molecule has 6 heteroatoms. The van der Waals surface area contributed by atoms with Gasteiger partial charge in [-0.15, -0.1) is 0 Å². The van der Waals surface area contributed by atoms with Crippen LogP contribution in [0, 0.1) is 5.82 Å². The van der Waals surface area contributed by atoms with Gasteiger partial charge in [0.2, 0.25) is 0 Å². The third-order valence-electron chi connectivity index (χ3n) is 3.93. The molecule has 26 heavy (non-hydrogen) atoms. The van der Waals surface area contributed by atoms with Crippen molar-refractivity contribution in [2.24, 2.45) is 15.0 Å². The van der Waals surface area contributed by atoms with E-state index in [1.165, 1.54) is 18.5 Å². The molecule has 2 aromatic rings. The van der Waals surface area contributed by atoms with Gasteiger partial charge in [0.05, 0.1) is 12.6 Å². The number of hydrogen-bond donors (Lipinski definition) is 0. The molecule has 0 spiro atoms. The van der Waals surface area contributed by atoms with Crippen molar-refractivity contribution in [2.45, 2.75) is 12.5 Å². The maximum Gasteiger partial charge on any atom is 0.175 e. The fraction of sp³-hybridized carbons (Fsp3) is 0.150. The topological polar surface area (TPSA) is 55.5 Å². The first-order valence-electron chi connectivity index (χ1n) is 8.29. The summed E-state index contributed by atoms with van der Waals surface area (Å²) in [5.74, 6) is 2.41. The summed E-state index contributed by atoms with van der Waals surface area (Å²) >= 11 is 0. The van der Waals surface area contributed by atoms with Gasteiger partial charge in [-0.05, 0) is 54.6 Å². The highest BCUT2D eigenvalue weighted by Gasteiger charge is 2.16. The molecule has 0 aromatic heterocycles. The number of aliphatic imine (C=N–C) groups is 3. The van der Waals surface area contributed by atoms with E-state index < -0.39 is 0 Å². The lowest BCUT2D eigenvalue weighted by atomic mass is 10.1. The minimum atomic E-state index is -0.290. The quantitative estimate of drug-likeness (QED) is 0.784. The van der Waals surface area contributed by atoms with Gasteiger partial charge in [-0.1, -0.05) is 6.08 Å². The van der Waals surface area contributed by atoms with Gasteiger partial charge in [-0.3, -0.25) is 4.99 Å². The summed E-state index contributed by atoms with van der Waals surface area (Å²) in [4.78, 5) is 12.7. The number of dihydropyridines is 1. The van der Waals surface area contributed by atoms with E-state index in [9.17, 15) is 4.39 Å². The van der Waals surface area contributed by atoms with Crippen LogP contribution in [0.4, 0.5) is 4.39 Å². The Labute approximate surface area is 150 Å². The Morgan fingerprint density at radius 2 is 1.62 bits per heavy atom. The van der Waals surface area contributed by atoms with Crippen LogP contribution in [0.25, 0.3) is 0 Å². The molecule has 0 radical (unpaired) electrons. The largest absolute Gasteiger partial charge is 0.494 e. The van der Waals surface area contributed by atoms with Crippen LogP contribution in [0.5, 0.6) is 17.2 Å². The third kappa shape index (κ3) is 3.85. The molecule has 5 nitrogen and oxygen atoms in total. The summed E-state index contributed by atoms with van der Waals surface area (Å²) in [6.45, 7) is 0.542. The Morgan fingerprint density at radius 1 is 0.923 bits per heavy atom. The van der Waals surface area contributed by atoms with Crippen LogP contribution in [-0.2, 0) is 0 Å². The highest BCUT2D eigenvalue weighted by molar-refractivity contribution is 6.50. The van der Waals surface area contributed by atoms with Crippen LogP contribution < -0.4 is 9.47 Å². The first-order chi connectivity index (χ1) is 12.8. The number of fused-ring (bicyclic) bond motifs is 1. The molecule has 0 N–H and O–H groups in total. The Kier molecular flexibility index (Phi) is 4.55. The number of benzene rings is 2. The van der Waals surface area contributed by atoms with Crippen molar-refractivity contribution in [3.05, 3.63) is 66.5 Å². The Hall–Kier alpha value is -3.28. The highest BCUT2D eigenvalue weighted by atomic mass is 19.1. The molecular formula is C20H16FN3O2. The number of nitrogens with zero attached hydrogens (tertiary/aromatic N) is 3. The van der Waals surface area contributed by atoms with Crippen LogP contribution in [0.3, 0.4) is 0 Å². The van der Waals surface area contributed by atoms with Gasteiger partial charge >= 0.3 is 0 Å². The summed E-state index contributed by atoms with van der Waals surface area (Å²) in [5.41, 5.74) is 0.818. The molecule has 0 amide bonds. The highest BCUT2D eigenvalue weighted by Crippen LogP contribution is 2.24. The molecule has 2 heterocycles. The van der Waals surface area contributed by atoms with Crippen LogP contribution >= 0.6 is 0 Å². The van der Waals surface area contributed by atoms with Crippen molar-refractivity contribution in [1.29, 1.82) is 0 Å². The fourth-order valence-corrected chi connectivity index (χ4v) is 2.59. The van der Waals surface area contributed by atoms with Crippen molar-refractivity contribution >= 4 is 17.9 Å². The number of rotatable bonds is 6. The number of amidine groups is 1. The van der Waals surface area contributed by atoms with Crippen LogP contribution in [-0.4, -0.2) is 30.5 Å². The average molecular weight is 349 g/mol. The molecule has 0 aliphatic carbocycles. The zero-order valence-corrected chi connectivity index (χ0v) is 13.9. The van der Waals surface area contributed by atoms with E-state index in [-0.39, 0.29) is 11.9 Å². The molecule has 0 fully saturated rings. The molecule has 2 aromatic carbocycles. The maximum absolute atomic E-state index is 12.9. The van der Waals surface area contributed by atoms with Crippen molar-refractivity contribution in [1.82, 2.24) is 0 Å². The van der Waals surface area contributed by atoms with Gasteiger partial charge in [-0.2, -0.15) is 0 Å². The van der Waals surface area contributed by atoms with Crippen LogP contribution in [0.2, 0.25) is 0 Å². The lowest BCUT2D eigenvalue weighted by molar-refractivity contribution is 0.305. The van der Waals surface area contributed by atoms with Crippen LogP contribution in [0.15, 0.2) is 75.7 Å². The average Bonchev–Trinajstić information content (AvgIpc) is 3.13. The summed E-state index contributed by atoms with van der Waals surface area (Å²) in [6, 6.07) is 13.3. The zero-order chi connectivity index (χ0) is 17.8. The Bertz CT molecular complexity index is 900. The van der Waals surface area contributed by atoms with Gasteiger partial charge in [0, 0.05) is 6.42 Å². The van der Waals surface area contributed by atoms with Gasteiger partial charge in [0.1, 0.15) is 35.1 Å². The van der Waals surface area contributed by atoms with E-state index in [4.69, 9.17) is 9.47 Å². The SMILES string of the molecule is Fc1ccc(Oc2ccc(OCCC3C=CC4=NC=NC4=N3)cc2)cc1. The van der Waals surface area contributed by atoms with Gasteiger partial charge in [0.25, 0.3) is 0 Å². The van der Waals surface area contributed by atoms with E-state index in [2.05, 4.69) is 15.0 Å². The fourth-order valence-electron chi connectivity index (χ4n) is 2.59.